The van der Waals surface area contributed by atoms with Gasteiger partial charge >= 0.3 is 0 Å². The molecule has 1 aromatic carbocycles. The molecule has 3 heteroatoms. The lowest BCUT2D eigenvalue weighted by atomic mass is 10.0. The molecule has 0 spiro atoms. The summed E-state index contributed by atoms with van der Waals surface area (Å²) in [4.78, 5) is 11.4. The molecule has 1 aliphatic carbocycles. The van der Waals surface area contributed by atoms with E-state index in [0.717, 1.165) is 36.0 Å². The van der Waals surface area contributed by atoms with Crippen molar-refractivity contribution in [3.8, 4) is 5.75 Å². The van der Waals surface area contributed by atoms with Crippen LogP contribution in [0.5, 0.6) is 5.75 Å². The largest absolute Gasteiger partial charge is 0.507 e. The van der Waals surface area contributed by atoms with Crippen LogP contribution in [0.3, 0.4) is 0 Å². The van der Waals surface area contributed by atoms with E-state index in [0.29, 0.717) is 12.3 Å². The number of hydrogen-bond acceptors (Lipinski definition) is 2. The van der Waals surface area contributed by atoms with Crippen molar-refractivity contribution in [2.45, 2.75) is 33.1 Å². The Morgan fingerprint density at radius 2 is 1.94 bits per heavy atom. The maximum atomic E-state index is 11.4. The van der Waals surface area contributed by atoms with Crippen LogP contribution in [-0.4, -0.2) is 17.6 Å². The molecule has 0 aromatic heterocycles. The monoisotopic (exact) mass is 233 g/mol. The van der Waals surface area contributed by atoms with Gasteiger partial charge in [0, 0.05) is 12.5 Å². The third kappa shape index (κ3) is 2.99. The molecule has 3 nitrogen and oxygen atoms in total. The van der Waals surface area contributed by atoms with Crippen LogP contribution in [0.25, 0.3) is 0 Å². The molecular formula is C14H19NO2. The van der Waals surface area contributed by atoms with Crippen LogP contribution in [0.4, 0.5) is 0 Å². The molecule has 0 saturated heterocycles. The van der Waals surface area contributed by atoms with Crippen molar-refractivity contribution in [3.05, 3.63) is 28.8 Å². The highest BCUT2D eigenvalue weighted by Gasteiger charge is 2.28. The summed E-state index contributed by atoms with van der Waals surface area (Å²) in [5, 5.41) is 12.6. The Balaban J connectivity index is 1.88. The summed E-state index contributed by atoms with van der Waals surface area (Å²) in [6, 6.07) is 3.96. The molecule has 0 aliphatic heterocycles. The van der Waals surface area contributed by atoms with Gasteiger partial charge in [-0.3, -0.25) is 4.79 Å². The van der Waals surface area contributed by atoms with Gasteiger partial charge in [-0.15, -0.1) is 0 Å². The number of aryl methyl sites for hydroxylation is 2. The van der Waals surface area contributed by atoms with E-state index >= 15 is 0 Å². The number of hydrogen-bond donors (Lipinski definition) is 2. The van der Waals surface area contributed by atoms with Crippen molar-refractivity contribution >= 4 is 5.91 Å². The van der Waals surface area contributed by atoms with Gasteiger partial charge in [0.25, 0.3) is 0 Å². The van der Waals surface area contributed by atoms with Crippen molar-refractivity contribution in [3.63, 3.8) is 0 Å². The topological polar surface area (TPSA) is 49.3 Å². The van der Waals surface area contributed by atoms with Crippen LogP contribution >= 0.6 is 0 Å². The van der Waals surface area contributed by atoms with Crippen molar-refractivity contribution in [1.82, 2.24) is 5.32 Å². The fraction of sp³-hybridized carbons (Fsp3) is 0.500. The summed E-state index contributed by atoms with van der Waals surface area (Å²) in [5.74, 6) is 0.839. The highest BCUT2D eigenvalue weighted by Crippen LogP contribution is 2.28. The quantitative estimate of drug-likeness (QED) is 0.836. The highest BCUT2D eigenvalue weighted by atomic mass is 16.3. The Morgan fingerprint density at radius 3 is 2.47 bits per heavy atom. The molecule has 1 saturated carbocycles. The van der Waals surface area contributed by atoms with E-state index in [2.05, 4.69) is 5.32 Å². The molecule has 0 atom stereocenters. The number of nitrogens with one attached hydrogen (secondary N) is 1. The maximum absolute atomic E-state index is 11.4. The zero-order chi connectivity index (χ0) is 12.4. The van der Waals surface area contributed by atoms with Gasteiger partial charge in [-0.1, -0.05) is 12.1 Å². The second kappa shape index (κ2) is 4.78. The van der Waals surface area contributed by atoms with Crippen LogP contribution in [-0.2, 0) is 11.2 Å². The number of amides is 1. The van der Waals surface area contributed by atoms with Gasteiger partial charge in [0.2, 0.25) is 5.91 Å². The van der Waals surface area contributed by atoms with Crippen LogP contribution in [0.1, 0.15) is 29.5 Å². The number of rotatable bonds is 4. The Labute approximate surface area is 102 Å². The molecule has 1 aromatic rings. The molecule has 92 valence electrons. The molecule has 0 heterocycles. The van der Waals surface area contributed by atoms with Crippen molar-refractivity contribution in [1.29, 1.82) is 0 Å². The molecule has 1 aliphatic rings. The zero-order valence-electron chi connectivity index (χ0n) is 10.4. The first-order valence-electron chi connectivity index (χ1n) is 6.14. The van der Waals surface area contributed by atoms with Gasteiger partial charge in [0.1, 0.15) is 5.75 Å². The first-order valence-corrected chi connectivity index (χ1v) is 6.14. The van der Waals surface area contributed by atoms with Gasteiger partial charge in [0.05, 0.1) is 0 Å². The van der Waals surface area contributed by atoms with Crippen LogP contribution in [0.2, 0.25) is 0 Å². The van der Waals surface area contributed by atoms with Crippen LogP contribution in [0.15, 0.2) is 12.1 Å². The first-order chi connectivity index (χ1) is 8.08. The summed E-state index contributed by atoms with van der Waals surface area (Å²) >= 11 is 0. The smallest absolute Gasteiger partial charge is 0.223 e. The number of aromatic hydroxyl groups is 1. The van der Waals surface area contributed by atoms with E-state index in [4.69, 9.17) is 0 Å². The average Bonchev–Trinajstić information content (AvgIpc) is 3.09. The van der Waals surface area contributed by atoms with Crippen molar-refractivity contribution < 1.29 is 9.90 Å². The molecular weight excluding hydrogens is 214 g/mol. The first kappa shape index (κ1) is 12.0. The highest BCUT2D eigenvalue weighted by molar-refractivity contribution is 5.80. The summed E-state index contributed by atoms with van der Waals surface area (Å²) in [7, 11) is 0. The fourth-order valence-corrected chi connectivity index (χ4v) is 2.01. The summed E-state index contributed by atoms with van der Waals surface area (Å²) in [5.41, 5.74) is 2.95. The summed E-state index contributed by atoms with van der Waals surface area (Å²) in [6.07, 6.45) is 2.91. The van der Waals surface area contributed by atoms with Crippen LogP contribution in [0, 0.1) is 19.8 Å². The molecule has 17 heavy (non-hydrogen) atoms. The Morgan fingerprint density at radius 1 is 1.35 bits per heavy atom. The molecule has 0 radical (unpaired) electrons. The van der Waals surface area contributed by atoms with Gasteiger partial charge in [0.15, 0.2) is 0 Å². The molecule has 2 N–H and O–H groups in total. The average molecular weight is 233 g/mol. The Kier molecular flexibility index (Phi) is 3.36. The standard InChI is InChI=1S/C14H19NO2/c1-9-7-11(8-10(2)13(9)16)5-6-15-14(17)12-3-4-12/h7-8,12,16H,3-6H2,1-2H3,(H,15,17). The molecule has 0 bridgehead atoms. The predicted molar refractivity (Wildman–Crippen MR) is 67.0 cm³/mol. The minimum atomic E-state index is 0.192. The predicted octanol–water partition coefficient (Wildman–Crippen LogP) is 2.08. The number of benzene rings is 1. The lowest BCUT2D eigenvalue weighted by molar-refractivity contribution is -0.122. The van der Waals surface area contributed by atoms with Gasteiger partial charge in [-0.05, 0) is 49.8 Å². The van der Waals surface area contributed by atoms with Crippen molar-refractivity contribution in [2.24, 2.45) is 5.92 Å². The lowest BCUT2D eigenvalue weighted by Gasteiger charge is -2.08. The second-order valence-corrected chi connectivity index (χ2v) is 4.89. The van der Waals surface area contributed by atoms with Gasteiger partial charge in [-0.2, -0.15) is 0 Å². The van der Waals surface area contributed by atoms with Gasteiger partial charge < -0.3 is 10.4 Å². The molecule has 0 unspecified atom stereocenters. The number of carbonyl (C=O) groups excluding carboxylic acids is 1. The maximum Gasteiger partial charge on any atom is 0.223 e. The molecule has 1 fully saturated rings. The Hall–Kier alpha value is -1.51. The van der Waals surface area contributed by atoms with E-state index in [-0.39, 0.29) is 11.8 Å². The van der Waals surface area contributed by atoms with E-state index in [9.17, 15) is 9.90 Å². The Bertz CT molecular complexity index is 413. The lowest BCUT2D eigenvalue weighted by Crippen LogP contribution is -2.26. The SMILES string of the molecule is Cc1cc(CCNC(=O)C2CC2)cc(C)c1O. The zero-order valence-corrected chi connectivity index (χ0v) is 10.4. The van der Waals surface area contributed by atoms with Crippen molar-refractivity contribution in [2.75, 3.05) is 6.54 Å². The fourth-order valence-electron chi connectivity index (χ4n) is 2.01. The van der Waals surface area contributed by atoms with Crippen LogP contribution < -0.4 is 5.32 Å². The van der Waals surface area contributed by atoms with E-state index in [1.54, 1.807) is 0 Å². The summed E-state index contributed by atoms with van der Waals surface area (Å²) in [6.45, 7) is 4.47. The number of phenolic OH excluding ortho intramolecular Hbond substituents is 1. The second-order valence-electron chi connectivity index (χ2n) is 4.89. The van der Waals surface area contributed by atoms with E-state index < -0.39 is 0 Å². The number of phenols is 1. The normalized spacial score (nSPS) is 14.7. The summed E-state index contributed by atoms with van der Waals surface area (Å²) < 4.78 is 0. The minimum Gasteiger partial charge on any atom is -0.507 e. The molecule has 2 rings (SSSR count). The third-order valence-corrected chi connectivity index (χ3v) is 3.21. The minimum absolute atomic E-state index is 0.192. The van der Waals surface area contributed by atoms with E-state index in [1.807, 2.05) is 26.0 Å². The number of carbonyl (C=O) groups is 1. The molecule has 1 amide bonds. The van der Waals surface area contributed by atoms with E-state index in [1.165, 1.54) is 0 Å². The van der Waals surface area contributed by atoms with Gasteiger partial charge in [-0.25, -0.2) is 0 Å². The third-order valence-electron chi connectivity index (χ3n) is 3.21.